The molecule has 0 saturated carbocycles. The number of carbonyl (C=O) groups is 1. The van der Waals surface area contributed by atoms with Crippen molar-refractivity contribution in [1.29, 1.82) is 0 Å². The van der Waals surface area contributed by atoms with Crippen LogP contribution in [-0.4, -0.2) is 38.3 Å². The molecule has 0 amide bonds. The molecule has 3 nitrogen and oxygen atoms in total. The fourth-order valence-electron chi connectivity index (χ4n) is 2.81. The Kier molecular flexibility index (Phi) is 5.87. The van der Waals surface area contributed by atoms with E-state index in [1.807, 2.05) is 42.5 Å². The highest BCUT2D eigenvalue weighted by atomic mass is 32.2. The summed E-state index contributed by atoms with van der Waals surface area (Å²) >= 11 is 5.97. The van der Waals surface area contributed by atoms with Gasteiger partial charge >= 0.3 is 0 Å². The molecule has 0 radical (unpaired) electrons. The average molecular weight is 360 g/mol. The van der Waals surface area contributed by atoms with Gasteiger partial charge < -0.3 is 9.64 Å². The van der Waals surface area contributed by atoms with Gasteiger partial charge in [0.25, 0.3) is 0 Å². The van der Waals surface area contributed by atoms with E-state index in [1.165, 1.54) is 4.90 Å². The van der Waals surface area contributed by atoms with Gasteiger partial charge in [0.1, 0.15) is 0 Å². The van der Waals surface area contributed by atoms with Gasteiger partial charge in [-0.25, -0.2) is 0 Å². The highest BCUT2D eigenvalue weighted by molar-refractivity contribution is 7.98. The second kappa shape index (κ2) is 8.10. The molecule has 0 unspecified atom stereocenters. The molecule has 2 aromatic rings. The van der Waals surface area contributed by atoms with E-state index < -0.39 is 0 Å². The number of thiol groups is 1. The van der Waals surface area contributed by atoms with Crippen molar-refractivity contribution in [2.45, 2.75) is 10.6 Å². The molecule has 24 heavy (non-hydrogen) atoms. The van der Waals surface area contributed by atoms with Crippen LogP contribution in [0.2, 0.25) is 0 Å². The molecule has 0 aliphatic carbocycles. The normalized spacial score (nSPS) is 14.7. The smallest absolute Gasteiger partial charge is 0.193 e. The second-order valence-electron chi connectivity index (χ2n) is 5.67. The van der Waals surface area contributed by atoms with Crippen molar-refractivity contribution in [3.63, 3.8) is 0 Å². The lowest BCUT2D eigenvalue weighted by Gasteiger charge is -2.30. The maximum atomic E-state index is 12.8. The molecule has 1 saturated heterocycles. The number of benzene rings is 2. The second-order valence-corrected chi connectivity index (χ2v) is 6.83. The van der Waals surface area contributed by atoms with E-state index in [0.29, 0.717) is 11.3 Å². The van der Waals surface area contributed by atoms with Crippen molar-refractivity contribution >= 4 is 35.9 Å². The van der Waals surface area contributed by atoms with Crippen molar-refractivity contribution in [3.05, 3.63) is 59.2 Å². The van der Waals surface area contributed by atoms with Gasteiger partial charge in [-0.2, -0.15) is 12.6 Å². The van der Waals surface area contributed by atoms with Gasteiger partial charge in [0.05, 0.1) is 18.9 Å². The topological polar surface area (TPSA) is 29.5 Å². The molecule has 3 rings (SSSR count). The summed E-state index contributed by atoms with van der Waals surface area (Å²) in [5.41, 5.74) is 3.68. The zero-order valence-corrected chi connectivity index (χ0v) is 15.4. The Labute approximate surface area is 152 Å². The van der Waals surface area contributed by atoms with E-state index in [1.54, 1.807) is 11.8 Å². The highest BCUT2D eigenvalue weighted by Gasteiger charge is 2.17. The molecule has 5 heteroatoms. The summed E-state index contributed by atoms with van der Waals surface area (Å²) < 4.78 is 5.44. The van der Waals surface area contributed by atoms with E-state index in [0.717, 1.165) is 43.1 Å². The number of nitrogens with zero attached hydrogens (tertiary/aromatic N) is 1. The van der Waals surface area contributed by atoms with E-state index >= 15 is 0 Å². The van der Waals surface area contributed by atoms with Crippen LogP contribution in [0.5, 0.6) is 0 Å². The number of hydrogen-bond donors (Lipinski definition) is 1. The third-order valence-corrected chi connectivity index (χ3v) is 5.34. The number of morpholine rings is 1. The Morgan fingerprint density at radius 2 is 1.79 bits per heavy atom. The summed E-state index contributed by atoms with van der Waals surface area (Å²) in [7, 11) is 0. The molecular weight excluding hydrogens is 338 g/mol. The van der Waals surface area contributed by atoms with Crippen molar-refractivity contribution in [2.75, 3.05) is 37.5 Å². The van der Waals surface area contributed by atoms with Gasteiger partial charge in [-0.3, -0.25) is 4.79 Å². The lowest BCUT2D eigenvalue weighted by molar-refractivity contribution is 0.103. The van der Waals surface area contributed by atoms with Crippen LogP contribution in [0, 0.1) is 0 Å². The molecule has 1 heterocycles. The summed E-state index contributed by atoms with van der Waals surface area (Å²) in [6.45, 7) is 3.19. The third-order valence-electron chi connectivity index (χ3n) is 4.19. The quantitative estimate of drug-likeness (QED) is 0.498. The van der Waals surface area contributed by atoms with Gasteiger partial charge in [-0.05, 0) is 30.0 Å². The number of ketones is 1. The Balaban J connectivity index is 1.90. The molecule has 126 valence electrons. The fourth-order valence-corrected chi connectivity index (χ4v) is 3.62. The van der Waals surface area contributed by atoms with Crippen LogP contribution in [0.4, 0.5) is 5.69 Å². The fraction of sp³-hybridized carbons (Fsp3) is 0.316. The Bertz CT molecular complexity index is 710. The van der Waals surface area contributed by atoms with Crippen LogP contribution >= 0.6 is 24.4 Å². The summed E-state index contributed by atoms with van der Waals surface area (Å²) in [5, 5.41) is 0. The number of thioether (sulfide) groups is 1. The van der Waals surface area contributed by atoms with Gasteiger partial charge in [0.15, 0.2) is 5.78 Å². The predicted octanol–water partition coefficient (Wildman–Crippen LogP) is 3.91. The van der Waals surface area contributed by atoms with Gasteiger partial charge in [0, 0.05) is 34.9 Å². The summed E-state index contributed by atoms with van der Waals surface area (Å²) in [4.78, 5) is 16.3. The van der Waals surface area contributed by atoms with E-state index in [-0.39, 0.29) is 5.78 Å². The van der Waals surface area contributed by atoms with Crippen LogP contribution < -0.4 is 4.90 Å². The molecule has 0 aromatic heterocycles. The molecular formula is C19H21NO2S2. The summed E-state index contributed by atoms with van der Waals surface area (Å²) in [6, 6.07) is 13.7. The standard InChI is InChI=1S/C19H21NO2S2/c1-24-18-7-6-16(12-17(18)20-8-10-22-11-9-20)19(21)15-4-2-14(13-23)3-5-15/h2-7,12,23H,8-11,13H2,1H3. The molecule has 1 aliphatic heterocycles. The average Bonchev–Trinajstić information content (AvgIpc) is 2.67. The molecule has 1 aliphatic rings. The lowest BCUT2D eigenvalue weighted by Crippen LogP contribution is -2.36. The van der Waals surface area contributed by atoms with Crippen LogP contribution in [0.25, 0.3) is 0 Å². The molecule has 0 spiro atoms. The first kappa shape index (κ1) is 17.4. The first-order valence-corrected chi connectivity index (χ1v) is 9.84. The van der Waals surface area contributed by atoms with Gasteiger partial charge in [-0.15, -0.1) is 11.8 Å². The van der Waals surface area contributed by atoms with Gasteiger partial charge in [-0.1, -0.05) is 24.3 Å². The molecule has 0 bridgehead atoms. The minimum absolute atomic E-state index is 0.0582. The monoisotopic (exact) mass is 359 g/mol. The largest absolute Gasteiger partial charge is 0.378 e. The van der Waals surface area contributed by atoms with E-state index in [4.69, 9.17) is 4.74 Å². The zero-order chi connectivity index (χ0) is 16.9. The first-order valence-electron chi connectivity index (χ1n) is 7.98. The van der Waals surface area contributed by atoms with Crippen molar-refractivity contribution in [2.24, 2.45) is 0 Å². The minimum atomic E-state index is 0.0582. The van der Waals surface area contributed by atoms with Crippen LogP contribution in [0.3, 0.4) is 0 Å². The first-order chi connectivity index (χ1) is 11.7. The zero-order valence-electron chi connectivity index (χ0n) is 13.7. The Morgan fingerprint density at radius 3 is 2.42 bits per heavy atom. The Morgan fingerprint density at radius 1 is 1.12 bits per heavy atom. The van der Waals surface area contributed by atoms with Crippen molar-refractivity contribution in [1.82, 2.24) is 0 Å². The maximum Gasteiger partial charge on any atom is 0.193 e. The summed E-state index contributed by atoms with van der Waals surface area (Å²) in [6.07, 6.45) is 2.07. The van der Waals surface area contributed by atoms with Crippen LogP contribution in [0.1, 0.15) is 21.5 Å². The number of hydrogen-bond acceptors (Lipinski definition) is 5. The Hall–Kier alpha value is -1.43. The minimum Gasteiger partial charge on any atom is -0.378 e. The molecule has 2 aromatic carbocycles. The number of ether oxygens (including phenoxy) is 1. The van der Waals surface area contributed by atoms with Crippen molar-refractivity contribution in [3.8, 4) is 0 Å². The van der Waals surface area contributed by atoms with E-state index in [2.05, 4.69) is 23.8 Å². The van der Waals surface area contributed by atoms with E-state index in [9.17, 15) is 4.79 Å². The number of rotatable bonds is 5. The lowest BCUT2D eigenvalue weighted by atomic mass is 10.0. The molecule has 0 N–H and O–H groups in total. The highest BCUT2D eigenvalue weighted by Crippen LogP contribution is 2.31. The molecule has 1 fully saturated rings. The maximum absolute atomic E-state index is 12.8. The van der Waals surface area contributed by atoms with Crippen LogP contribution in [-0.2, 0) is 10.5 Å². The predicted molar refractivity (Wildman–Crippen MR) is 104 cm³/mol. The summed E-state index contributed by atoms with van der Waals surface area (Å²) in [5.74, 6) is 0.737. The SMILES string of the molecule is CSc1ccc(C(=O)c2ccc(CS)cc2)cc1N1CCOCC1. The van der Waals surface area contributed by atoms with Gasteiger partial charge in [0.2, 0.25) is 0 Å². The van der Waals surface area contributed by atoms with Crippen LogP contribution in [0.15, 0.2) is 47.4 Å². The number of carbonyl (C=O) groups excluding carboxylic acids is 1. The number of anilines is 1. The third kappa shape index (κ3) is 3.79. The molecule has 0 atom stereocenters. The van der Waals surface area contributed by atoms with Crippen molar-refractivity contribution < 1.29 is 9.53 Å².